The molecule has 0 bridgehead atoms. The molecular formula is C11H23N3O2S. The summed E-state index contributed by atoms with van der Waals surface area (Å²) in [6.07, 6.45) is 5.02. The van der Waals surface area contributed by atoms with E-state index in [2.05, 4.69) is 15.4 Å². The van der Waals surface area contributed by atoms with Gasteiger partial charge >= 0.3 is 0 Å². The average Bonchev–Trinajstić information content (AvgIpc) is 2.80. The molecule has 0 aliphatic carbocycles. The Labute approximate surface area is 104 Å². The average molecular weight is 261 g/mol. The Balaban J connectivity index is 1.73. The van der Waals surface area contributed by atoms with Crippen molar-refractivity contribution < 1.29 is 8.42 Å². The summed E-state index contributed by atoms with van der Waals surface area (Å²) in [5.74, 6) is 0.251. The van der Waals surface area contributed by atoms with Gasteiger partial charge in [0, 0.05) is 18.6 Å². The molecule has 2 aliphatic heterocycles. The van der Waals surface area contributed by atoms with Crippen LogP contribution in [0.3, 0.4) is 0 Å². The van der Waals surface area contributed by atoms with Crippen molar-refractivity contribution in [1.82, 2.24) is 15.4 Å². The molecule has 2 saturated heterocycles. The highest BCUT2D eigenvalue weighted by molar-refractivity contribution is 7.89. The molecular weight excluding hydrogens is 238 g/mol. The van der Waals surface area contributed by atoms with Crippen molar-refractivity contribution in [3.63, 3.8) is 0 Å². The third-order valence-electron chi connectivity index (χ3n) is 3.54. The van der Waals surface area contributed by atoms with E-state index in [9.17, 15) is 8.42 Å². The normalized spacial score (nSPS) is 30.6. The molecule has 0 spiro atoms. The Kier molecular flexibility index (Phi) is 4.78. The van der Waals surface area contributed by atoms with Crippen LogP contribution in [0.1, 0.15) is 32.1 Å². The first-order chi connectivity index (χ1) is 8.16. The van der Waals surface area contributed by atoms with Crippen LogP contribution in [0.5, 0.6) is 0 Å². The number of hydrogen-bond donors (Lipinski definition) is 3. The quantitative estimate of drug-likeness (QED) is 0.641. The summed E-state index contributed by atoms with van der Waals surface area (Å²) in [6.45, 7) is 2.80. The number of hydrogen-bond acceptors (Lipinski definition) is 4. The topological polar surface area (TPSA) is 70.2 Å². The minimum Gasteiger partial charge on any atom is -0.315 e. The lowest BCUT2D eigenvalue weighted by Crippen LogP contribution is -2.46. The Morgan fingerprint density at radius 3 is 2.65 bits per heavy atom. The summed E-state index contributed by atoms with van der Waals surface area (Å²) in [4.78, 5) is 0. The van der Waals surface area contributed by atoms with Crippen molar-refractivity contribution in [1.29, 1.82) is 0 Å². The van der Waals surface area contributed by atoms with Crippen molar-refractivity contribution in [3.8, 4) is 0 Å². The van der Waals surface area contributed by atoms with Gasteiger partial charge in [0.1, 0.15) is 0 Å². The van der Waals surface area contributed by atoms with Crippen LogP contribution in [0.2, 0.25) is 0 Å². The van der Waals surface area contributed by atoms with Gasteiger partial charge in [0.25, 0.3) is 0 Å². The SMILES string of the molecule is O=S(=O)(CCC1CCCN1)NC1CCCNC1. The highest BCUT2D eigenvalue weighted by Gasteiger charge is 2.22. The van der Waals surface area contributed by atoms with Crippen LogP contribution < -0.4 is 15.4 Å². The molecule has 5 nitrogen and oxygen atoms in total. The summed E-state index contributed by atoms with van der Waals surface area (Å²) in [5.41, 5.74) is 0. The number of nitrogens with one attached hydrogen (secondary N) is 3. The van der Waals surface area contributed by atoms with E-state index < -0.39 is 10.0 Å². The van der Waals surface area contributed by atoms with Crippen molar-refractivity contribution in [3.05, 3.63) is 0 Å². The first kappa shape index (κ1) is 13.3. The van der Waals surface area contributed by atoms with E-state index in [1.165, 1.54) is 6.42 Å². The molecule has 0 aromatic heterocycles. The molecule has 0 aromatic rings. The first-order valence-corrected chi connectivity index (χ1v) is 8.25. The van der Waals surface area contributed by atoms with Gasteiger partial charge < -0.3 is 10.6 Å². The molecule has 0 saturated carbocycles. The number of sulfonamides is 1. The predicted molar refractivity (Wildman–Crippen MR) is 68.5 cm³/mol. The lowest BCUT2D eigenvalue weighted by Gasteiger charge is -2.23. The van der Waals surface area contributed by atoms with Gasteiger partial charge in [-0.1, -0.05) is 0 Å². The zero-order chi connectivity index (χ0) is 12.1. The van der Waals surface area contributed by atoms with E-state index in [0.29, 0.717) is 6.04 Å². The second-order valence-electron chi connectivity index (χ2n) is 5.06. The van der Waals surface area contributed by atoms with Gasteiger partial charge in [0.2, 0.25) is 10.0 Å². The van der Waals surface area contributed by atoms with Crippen LogP contribution in [-0.2, 0) is 10.0 Å². The minimum atomic E-state index is -3.10. The van der Waals surface area contributed by atoms with E-state index >= 15 is 0 Å². The van der Waals surface area contributed by atoms with Crippen LogP contribution in [0.4, 0.5) is 0 Å². The zero-order valence-electron chi connectivity index (χ0n) is 10.2. The third-order valence-corrected chi connectivity index (χ3v) is 5.01. The van der Waals surface area contributed by atoms with E-state index in [4.69, 9.17) is 0 Å². The Morgan fingerprint density at radius 1 is 1.18 bits per heavy atom. The van der Waals surface area contributed by atoms with Crippen LogP contribution in [0.25, 0.3) is 0 Å². The molecule has 2 rings (SSSR count). The van der Waals surface area contributed by atoms with Gasteiger partial charge in [-0.15, -0.1) is 0 Å². The van der Waals surface area contributed by atoms with Gasteiger partial charge in [-0.25, -0.2) is 13.1 Å². The standard InChI is InChI=1S/C11H23N3O2S/c15-17(16,8-5-10-3-2-7-13-10)14-11-4-1-6-12-9-11/h10-14H,1-9H2. The molecule has 2 aliphatic rings. The van der Waals surface area contributed by atoms with Crippen LogP contribution in [0.15, 0.2) is 0 Å². The molecule has 17 heavy (non-hydrogen) atoms. The van der Waals surface area contributed by atoms with Gasteiger partial charge in [0.05, 0.1) is 5.75 Å². The fourth-order valence-corrected chi connectivity index (χ4v) is 3.99. The Bertz CT molecular complexity index is 320. The molecule has 2 atom stereocenters. The summed E-state index contributed by atoms with van der Waals surface area (Å²) in [7, 11) is -3.10. The van der Waals surface area contributed by atoms with Gasteiger partial charge in [-0.05, 0) is 45.2 Å². The van der Waals surface area contributed by atoms with Crippen LogP contribution >= 0.6 is 0 Å². The zero-order valence-corrected chi connectivity index (χ0v) is 11.1. The van der Waals surface area contributed by atoms with Crippen LogP contribution in [0, 0.1) is 0 Å². The first-order valence-electron chi connectivity index (χ1n) is 6.60. The number of rotatable bonds is 5. The molecule has 100 valence electrons. The van der Waals surface area contributed by atoms with Gasteiger partial charge in [-0.2, -0.15) is 0 Å². The lowest BCUT2D eigenvalue weighted by molar-refractivity contribution is 0.427. The molecule has 0 radical (unpaired) electrons. The maximum absolute atomic E-state index is 11.9. The molecule has 2 fully saturated rings. The van der Waals surface area contributed by atoms with Crippen molar-refractivity contribution >= 4 is 10.0 Å². The van der Waals surface area contributed by atoms with Crippen LogP contribution in [-0.4, -0.2) is 45.9 Å². The van der Waals surface area contributed by atoms with Gasteiger partial charge in [-0.3, -0.25) is 0 Å². The molecule has 6 heteroatoms. The maximum atomic E-state index is 11.9. The number of piperidine rings is 1. The van der Waals surface area contributed by atoms with E-state index in [1.54, 1.807) is 0 Å². The van der Waals surface area contributed by atoms with Gasteiger partial charge in [0.15, 0.2) is 0 Å². The molecule has 2 heterocycles. The highest BCUT2D eigenvalue weighted by atomic mass is 32.2. The summed E-state index contributed by atoms with van der Waals surface area (Å²) >= 11 is 0. The van der Waals surface area contributed by atoms with Crippen molar-refractivity contribution in [2.24, 2.45) is 0 Å². The predicted octanol–water partition coefficient (Wildman–Crippen LogP) is -0.200. The Morgan fingerprint density at radius 2 is 2.00 bits per heavy atom. The second-order valence-corrected chi connectivity index (χ2v) is 6.94. The second kappa shape index (κ2) is 6.13. The van der Waals surface area contributed by atoms with Crippen molar-refractivity contribution in [2.75, 3.05) is 25.4 Å². The molecule has 0 amide bonds. The van der Waals surface area contributed by atoms with E-state index in [1.807, 2.05) is 0 Å². The highest BCUT2D eigenvalue weighted by Crippen LogP contribution is 2.10. The smallest absolute Gasteiger partial charge is 0.211 e. The summed E-state index contributed by atoms with van der Waals surface area (Å²) in [5, 5.41) is 6.54. The van der Waals surface area contributed by atoms with Crippen molar-refractivity contribution in [2.45, 2.75) is 44.2 Å². The fraction of sp³-hybridized carbons (Fsp3) is 1.00. The van der Waals surface area contributed by atoms with E-state index in [-0.39, 0.29) is 11.8 Å². The lowest BCUT2D eigenvalue weighted by atomic mass is 10.1. The van der Waals surface area contributed by atoms with E-state index in [0.717, 1.165) is 45.3 Å². The monoisotopic (exact) mass is 261 g/mol. The largest absolute Gasteiger partial charge is 0.315 e. The minimum absolute atomic E-state index is 0.0882. The fourth-order valence-electron chi connectivity index (χ4n) is 2.57. The Hall–Kier alpha value is -0.170. The summed E-state index contributed by atoms with van der Waals surface area (Å²) in [6, 6.07) is 0.487. The summed E-state index contributed by atoms with van der Waals surface area (Å²) < 4.78 is 26.6. The maximum Gasteiger partial charge on any atom is 0.211 e. The molecule has 0 aromatic carbocycles. The molecule has 2 unspecified atom stereocenters. The third kappa shape index (κ3) is 4.54. The molecule has 3 N–H and O–H groups in total.